The summed E-state index contributed by atoms with van der Waals surface area (Å²) in [5, 5.41) is 11.6. The summed E-state index contributed by atoms with van der Waals surface area (Å²) < 4.78 is 1.44. The van der Waals surface area contributed by atoms with Crippen molar-refractivity contribution in [3.8, 4) is 33.8 Å². The molecule has 0 unspecified atom stereocenters. The van der Waals surface area contributed by atoms with Gasteiger partial charge in [-0.05, 0) is 56.7 Å². The molecule has 0 amide bonds. The van der Waals surface area contributed by atoms with Gasteiger partial charge in [-0.15, -0.1) is 0 Å². The number of nitrogens with zero attached hydrogens (tertiary/aromatic N) is 4. The zero-order valence-electron chi connectivity index (χ0n) is 20.7. The summed E-state index contributed by atoms with van der Waals surface area (Å²) in [5.74, 6) is 0.0924. The monoisotopic (exact) mass is 503 g/mol. The van der Waals surface area contributed by atoms with E-state index in [2.05, 4.69) is 52.7 Å². The molecule has 4 aromatic rings. The Balaban J connectivity index is 1.43. The van der Waals surface area contributed by atoms with E-state index in [1.54, 1.807) is 36.8 Å². The molecule has 1 aliphatic rings. The topological polar surface area (TPSA) is 77.4 Å². The molecular weight excluding hydrogens is 474 g/mol. The number of piperazine rings is 1. The molecule has 3 heterocycles. The van der Waals surface area contributed by atoms with Crippen LogP contribution in [0, 0.1) is 0 Å². The van der Waals surface area contributed by atoms with Crippen LogP contribution in [0.5, 0.6) is 5.75 Å². The first-order valence-electron chi connectivity index (χ1n) is 12.1. The Morgan fingerprint density at radius 1 is 1.00 bits per heavy atom. The van der Waals surface area contributed by atoms with E-state index in [-0.39, 0.29) is 17.0 Å². The molecule has 0 bridgehead atoms. The van der Waals surface area contributed by atoms with E-state index in [1.807, 2.05) is 18.2 Å². The lowest BCUT2D eigenvalue weighted by Crippen LogP contribution is -2.53. The second kappa shape index (κ2) is 9.48. The van der Waals surface area contributed by atoms with Crippen molar-refractivity contribution in [3.05, 3.63) is 82.6 Å². The summed E-state index contributed by atoms with van der Waals surface area (Å²) in [6.07, 6.45) is 4.88. The number of aromatic amines is 1. The van der Waals surface area contributed by atoms with Crippen molar-refractivity contribution < 1.29 is 5.11 Å². The SMILES string of the molecule is CC(C)(C)N1CCN(c2cccc(-c3nccc(-c4ccc(-n5cc[nH]c5=O)c(Cl)c4)c3O)c2)CC1. The molecule has 7 nitrogen and oxygen atoms in total. The smallest absolute Gasteiger partial charge is 0.330 e. The molecule has 0 aliphatic carbocycles. The van der Waals surface area contributed by atoms with Crippen LogP contribution in [0.1, 0.15) is 20.8 Å². The van der Waals surface area contributed by atoms with Crippen molar-refractivity contribution in [2.24, 2.45) is 0 Å². The standard InChI is InChI=1S/C28H30ClN5O2/c1-28(2,3)33-15-13-32(14-16-33)21-6-4-5-20(17-21)25-26(35)22(9-10-30-25)19-7-8-24(23(29)18-19)34-12-11-31-27(34)36/h4-12,17-18,35H,13-16H2,1-3H3,(H,31,36). The lowest BCUT2D eigenvalue weighted by atomic mass is 10.0. The average molecular weight is 504 g/mol. The fraction of sp³-hybridized carbons (Fsp3) is 0.286. The van der Waals surface area contributed by atoms with Crippen LogP contribution in [0.15, 0.2) is 71.9 Å². The number of anilines is 1. The second-order valence-electron chi connectivity index (χ2n) is 10.1. The summed E-state index contributed by atoms with van der Waals surface area (Å²) >= 11 is 6.52. The number of rotatable bonds is 4. The summed E-state index contributed by atoms with van der Waals surface area (Å²) in [6.45, 7) is 10.7. The number of hydrogen-bond acceptors (Lipinski definition) is 5. The summed E-state index contributed by atoms with van der Waals surface area (Å²) in [6, 6.07) is 15.3. The fourth-order valence-corrected chi connectivity index (χ4v) is 5.03. The fourth-order valence-electron chi connectivity index (χ4n) is 4.76. The highest BCUT2D eigenvalue weighted by Crippen LogP contribution is 2.39. The number of H-pyrrole nitrogens is 1. The minimum atomic E-state index is -0.265. The van der Waals surface area contributed by atoms with Crippen molar-refractivity contribution in [3.63, 3.8) is 0 Å². The summed E-state index contributed by atoms with van der Waals surface area (Å²) in [7, 11) is 0. The zero-order chi connectivity index (χ0) is 25.4. The average Bonchev–Trinajstić information content (AvgIpc) is 3.29. The molecule has 2 N–H and O–H groups in total. The Hall–Kier alpha value is -3.55. The van der Waals surface area contributed by atoms with Gasteiger partial charge in [-0.25, -0.2) is 4.79 Å². The van der Waals surface area contributed by atoms with Crippen molar-refractivity contribution in [1.29, 1.82) is 0 Å². The number of nitrogens with one attached hydrogen (secondary N) is 1. The van der Waals surface area contributed by atoms with E-state index in [0.29, 0.717) is 22.0 Å². The molecule has 0 spiro atoms. The van der Waals surface area contributed by atoms with Gasteiger partial charge in [-0.3, -0.25) is 14.5 Å². The molecule has 1 fully saturated rings. The molecule has 1 aliphatic heterocycles. The first-order chi connectivity index (χ1) is 17.2. The van der Waals surface area contributed by atoms with Crippen molar-refractivity contribution >= 4 is 17.3 Å². The van der Waals surface area contributed by atoms with Crippen LogP contribution in [-0.2, 0) is 0 Å². The van der Waals surface area contributed by atoms with Crippen molar-refractivity contribution in [2.45, 2.75) is 26.3 Å². The van der Waals surface area contributed by atoms with Gasteiger partial charge < -0.3 is 15.0 Å². The largest absolute Gasteiger partial charge is 0.505 e. The van der Waals surface area contributed by atoms with Crippen LogP contribution in [0.3, 0.4) is 0 Å². The number of imidazole rings is 1. The Morgan fingerprint density at radius 2 is 1.78 bits per heavy atom. The molecule has 1 saturated heterocycles. The number of halogens is 1. The third-order valence-electron chi connectivity index (χ3n) is 6.80. The van der Waals surface area contributed by atoms with E-state index in [9.17, 15) is 9.90 Å². The summed E-state index contributed by atoms with van der Waals surface area (Å²) in [4.78, 5) is 24.0. The highest BCUT2D eigenvalue weighted by molar-refractivity contribution is 6.32. The Morgan fingerprint density at radius 3 is 2.44 bits per heavy atom. The van der Waals surface area contributed by atoms with E-state index < -0.39 is 0 Å². The van der Waals surface area contributed by atoms with E-state index in [0.717, 1.165) is 43.0 Å². The maximum absolute atomic E-state index is 12.0. The van der Waals surface area contributed by atoms with Crippen molar-refractivity contribution in [2.75, 3.05) is 31.1 Å². The number of hydrogen-bond donors (Lipinski definition) is 2. The minimum absolute atomic E-state index is 0.0924. The van der Waals surface area contributed by atoms with Gasteiger partial charge in [0, 0.05) is 67.1 Å². The van der Waals surface area contributed by atoms with Crippen LogP contribution < -0.4 is 10.6 Å². The predicted molar refractivity (Wildman–Crippen MR) is 145 cm³/mol. The Labute approximate surface area is 215 Å². The molecule has 0 radical (unpaired) electrons. The Kier molecular flexibility index (Phi) is 6.36. The third kappa shape index (κ3) is 4.64. The summed E-state index contributed by atoms with van der Waals surface area (Å²) in [5.41, 5.74) is 4.33. The zero-order valence-corrected chi connectivity index (χ0v) is 21.5. The molecule has 0 atom stereocenters. The number of benzene rings is 2. The number of aromatic nitrogens is 3. The number of pyridine rings is 1. The van der Waals surface area contributed by atoms with Crippen LogP contribution in [-0.4, -0.2) is 56.3 Å². The molecule has 186 valence electrons. The quantitative estimate of drug-likeness (QED) is 0.401. The van der Waals surface area contributed by atoms with Gasteiger partial charge in [-0.2, -0.15) is 0 Å². The lowest BCUT2D eigenvalue weighted by molar-refractivity contribution is 0.128. The lowest BCUT2D eigenvalue weighted by Gasteiger charge is -2.43. The van der Waals surface area contributed by atoms with E-state index in [4.69, 9.17) is 11.6 Å². The van der Waals surface area contributed by atoms with Gasteiger partial charge in [-0.1, -0.05) is 29.8 Å². The van der Waals surface area contributed by atoms with Gasteiger partial charge >= 0.3 is 5.69 Å². The maximum atomic E-state index is 12.0. The highest BCUT2D eigenvalue weighted by atomic mass is 35.5. The van der Waals surface area contributed by atoms with Crippen molar-refractivity contribution in [1.82, 2.24) is 19.4 Å². The molecule has 2 aromatic carbocycles. The van der Waals surface area contributed by atoms with Gasteiger partial charge in [0.1, 0.15) is 11.4 Å². The van der Waals surface area contributed by atoms with Crippen LogP contribution in [0.2, 0.25) is 5.02 Å². The van der Waals surface area contributed by atoms with E-state index >= 15 is 0 Å². The maximum Gasteiger partial charge on any atom is 0.330 e. The number of aromatic hydroxyl groups is 1. The highest BCUT2D eigenvalue weighted by Gasteiger charge is 2.26. The molecule has 0 saturated carbocycles. The van der Waals surface area contributed by atoms with Gasteiger partial charge in [0.25, 0.3) is 0 Å². The molecule has 2 aromatic heterocycles. The van der Waals surface area contributed by atoms with Crippen LogP contribution >= 0.6 is 11.6 Å². The van der Waals surface area contributed by atoms with Crippen LogP contribution in [0.4, 0.5) is 5.69 Å². The van der Waals surface area contributed by atoms with Gasteiger partial charge in [0.2, 0.25) is 0 Å². The first-order valence-corrected chi connectivity index (χ1v) is 12.4. The van der Waals surface area contributed by atoms with Gasteiger partial charge in [0.15, 0.2) is 0 Å². The minimum Gasteiger partial charge on any atom is -0.505 e. The van der Waals surface area contributed by atoms with Crippen LogP contribution in [0.25, 0.3) is 28.1 Å². The molecule has 5 rings (SSSR count). The second-order valence-corrected chi connectivity index (χ2v) is 10.5. The van der Waals surface area contributed by atoms with E-state index in [1.165, 1.54) is 4.57 Å². The normalized spacial score (nSPS) is 14.8. The molecule has 36 heavy (non-hydrogen) atoms. The Bertz CT molecular complexity index is 1440. The predicted octanol–water partition coefficient (Wildman–Crippen LogP) is 5.17. The third-order valence-corrected chi connectivity index (χ3v) is 7.11. The molecular formula is C28H30ClN5O2. The first kappa shape index (κ1) is 24.2. The van der Waals surface area contributed by atoms with Gasteiger partial charge in [0.05, 0.1) is 10.7 Å². The molecule has 8 heteroatoms.